The van der Waals surface area contributed by atoms with Crippen LogP contribution in [0.3, 0.4) is 0 Å². The molecule has 0 aromatic heterocycles. The Morgan fingerprint density at radius 1 is 1.10 bits per heavy atom. The maximum Gasteiger partial charge on any atom is 0.430 e. The highest BCUT2D eigenvalue weighted by atomic mass is 35.5. The normalized spacial score (nSPS) is 18.8. The molecule has 10 heteroatoms. The van der Waals surface area contributed by atoms with Crippen LogP contribution < -0.4 is 4.74 Å². The first-order valence-electron chi connectivity index (χ1n) is 13.0. The summed E-state index contributed by atoms with van der Waals surface area (Å²) in [5.41, 5.74) is -2.76. The van der Waals surface area contributed by atoms with Gasteiger partial charge >= 0.3 is 12.1 Å². The molecule has 1 saturated carbocycles. The van der Waals surface area contributed by atoms with Crippen LogP contribution in [0.5, 0.6) is 5.75 Å². The molecule has 1 N–H and O–H groups in total. The molecular formula is C29H33ClF3NO5. The number of hydrogen-bond acceptors (Lipinski definition) is 5. The van der Waals surface area contributed by atoms with Gasteiger partial charge in [-0.1, -0.05) is 36.2 Å². The molecule has 2 aromatic rings. The molecule has 0 radical (unpaired) electrons. The van der Waals surface area contributed by atoms with Crippen LogP contribution in [-0.2, 0) is 21.6 Å². The third-order valence-corrected chi connectivity index (χ3v) is 8.59. The molecule has 212 valence electrons. The van der Waals surface area contributed by atoms with Crippen LogP contribution in [-0.4, -0.2) is 55.4 Å². The number of ether oxygens (including phenoxy) is 2. The van der Waals surface area contributed by atoms with Gasteiger partial charge in [0.2, 0.25) is 0 Å². The number of piperidine rings is 1. The number of alkyl halides is 3. The van der Waals surface area contributed by atoms with E-state index in [0.29, 0.717) is 29.3 Å². The zero-order chi connectivity index (χ0) is 28.4. The lowest BCUT2D eigenvalue weighted by molar-refractivity contribution is -0.262. The summed E-state index contributed by atoms with van der Waals surface area (Å²) in [5, 5.41) is 11.1. The van der Waals surface area contributed by atoms with Crippen molar-refractivity contribution in [2.75, 3.05) is 27.3 Å². The summed E-state index contributed by atoms with van der Waals surface area (Å²) in [6.07, 6.45) is 0.817. The minimum Gasteiger partial charge on any atom is -0.497 e. The second-order valence-electron chi connectivity index (χ2n) is 10.7. The van der Waals surface area contributed by atoms with Gasteiger partial charge in [0.05, 0.1) is 24.8 Å². The maximum absolute atomic E-state index is 14.1. The molecular weight excluding hydrogens is 535 g/mol. The fraction of sp³-hybridized carbons (Fsp3) is 0.517. The first-order valence-corrected chi connectivity index (χ1v) is 13.4. The van der Waals surface area contributed by atoms with E-state index in [1.165, 1.54) is 26.4 Å². The van der Waals surface area contributed by atoms with Crippen molar-refractivity contribution < 1.29 is 37.3 Å². The Morgan fingerprint density at radius 3 is 2.38 bits per heavy atom. The minimum atomic E-state index is -5.18. The van der Waals surface area contributed by atoms with Crippen molar-refractivity contribution in [2.24, 2.45) is 11.3 Å². The smallest absolute Gasteiger partial charge is 0.430 e. The number of methoxy groups -OCH3 is 2. The van der Waals surface area contributed by atoms with Gasteiger partial charge in [-0.3, -0.25) is 4.79 Å². The van der Waals surface area contributed by atoms with Crippen molar-refractivity contribution in [3.05, 3.63) is 64.2 Å². The number of esters is 1. The number of hydrogen-bond donors (Lipinski definition) is 1. The number of likely N-dealkylation sites (tertiary alicyclic amines) is 1. The summed E-state index contributed by atoms with van der Waals surface area (Å²) >= 11 is 6.20. The first-order chi connectivity index (χ1) is 18.4. The molecule has 0 bridgehead atoms. The number of halogens is 4. The number of amides is 1. The van der Waals surface area contributed by atoms with Crippen LogP contribution in [0.2, 0.25) is 5.02 Å². The third-order valence-electron chi connectivity index (χ3n) is 8.28. The fourth-order valence-electron chi connectivity index (χ4n) is 6.03. The number of benzene rings is 2. The van der Waals surface area contributed by atoms with E-state index in [1.807, 2.05) is 6.07 Å². The van der Waals surface area contributed by atoms with Crippen LogP contribution >= 0.6 is 11.6 Å². The standard InChI is InChI=1S/C29H33ClF3NO5/c1-38-22-8-4-7-21(16-22)28(37,29(31,32)33)26(36)34-13-11-27(12-14-34)17-20(18-27)6-3-5-19-9-10-23(24(30)15-19)25(35)39-2/h4,7-10,15-16,20,37H,3,5-6,11-14,17-18H2,1-2H3/t28-/m1/s1. The molecule has 2 aliphatic rings. The van der Waals surface area contributed by atoms with Crippen LogP contribution in [0.4, 0.5) is 13.2 Å². The maximum atomic E-state index is 14.1. The summed E-state index contributed by atoms with van der Waals surface area (Å²) in [6, 6.07) is 10.3. The van der Waals surface area contributed by atoms with E-state index in [-0.39, 0.29) is 24.3 Å². The molecule has 6 nitrogen and oxygen atoms in total. The van der Waals surface area contributed by atoms with Gasteiger partial charge in [0.15, 0.2) is 0 Å². The highest BCUT2D eigenvalue weighted by Gasteiger charge is 2.62. The van der Waals surface area contributed by atoms with E-state index in [4.69, 9.17) is 21.1 Å². The summed E-state index contributed by atoms with van der Waals surface area (Å²) in [5.74, 6) is -1.16. The zero-order valence-electron chi connectivity index (χ0n) is 22.0. The van der Waals surface area contributed by atoms with Gasteiger partial charge < -0.3 is 19.5 Å². The quantitative estimate of drug-likeness (QED) is 0.400. The fourth-order valence-corrected chi connectivity index (χ4v) is 6.31. The molecule has 1 heterocycles. The van der Waals surface area contributed by atoms with Crippen molar-refractivity contribution in [2.45, 2.75) is 56.7 Å². The highest BCUT2D eigenvalue weighted by molar-refractivity contribution is 6.33. The Labute approximate surface area is 231 Å². The molecule has 1 amide bonds. The van der Waals surface area contributed by atoms with Gasteiger partial charge in [0.25, 0.3) is 11.5 Å². The Balaban J connectivity index is 1.29. The molecule has 4 rings (SSSR count). The van der Waals surface area contributed by atoms with Crippen molar-refractivity contribution in [3.63, 3.8) is 0 Å². The molecule has 2 aromatic carbocycles. The lowest BCUT2D eigenvalue weighted by atomic mass is 9.56. The predicted molar refractivity (Wildman–Crippen MR) is 140 cm³/mol. The number of carbonyl (C=O) groups is 2. The second-order valence-corrected chi connectivity index (χ2v) is 11.1. The minimum absolute atomic E-state index is 0.0409. The molecule has 1 aliphatic heterocycles. The van der Waals surface area contributed by atoms with Gasteiger partial charge in [-0.15, -0.1) is 0 Å². The summed E-state index contributed by atoms with van der Waals surface area (Å²) in [4.78, 5) is 25.9. The average molecular weight is 568 g/mol. The number of aliphatic hydroxyl groups is 1. The van der Waals surface area contributed by atoms with Crippen molar-refractivity contribution in [1.82, 2.24) is 4.90 Å². The lowest BCUT2D eigenvalue weighted by Gasteiger charge is -2.53. The van der Waals surface area contributed by atoms with E-state index in [2.05, 4.69) is 0 Å². The van der Waals surface area contributed by atoms with Crippen LogP contribution in [0.1, 0.15) is 60.0 Å². The van der Waals surface area contributed by atoms with E-state index < -0.39 is 29.2 Å². The molecule has 1 saturated heterocycles. The number of carbonyl (C=O) groups excluding carboxylic acids is 2. The van der Waals surface area contributed by atoms with Gasteiger partial charge in [0.1, 0.15) is 5.75 Å². The Kier molecular flexibility index (Phi) is 8.52. The SMILES string of the molecule is COC(=O)c1ccc(CCCC2CC3(CCN(C(=O)[C@](O)(c4cccc(OC)c4)C(F)(F)F)CC3)C2)cc1Cl. The monoisotopic (exact) mass is 567 g/mol. The lowest BCUT2D eigenvalue weighted by Crippen LogP contribution is -2.58. The van der Waals surface area contributed by atoms with E-state index in [1.54, 1.807) is 12.1 Å². The van der Waals surface area contributed by atoms with Gasteiger partial charge in [-0.05, 0) is 79.7 Å². The number of nitrogens with zero attached hydrogens (tertiary/aromatic N) is 1. The third kappa shape index (κ3) is 5.89. The van der Waals surface area contributed by atoms with Gasteiger partial charge in [0, 0.05) is 18.7 Å². The predicted octanol–water partition coefficient (Wildman–Crippen LogP) is 5.93. The molecule has 39 heavy (non-hydrogen) atoms. The zero-order valence-corrected chi connectivity index (χ0v) is 22.8. The largest absolute Gasteiger partial charge is 0.497 e. The van der Waals surface area contributed by atoms with Gasteiger partial charge in [-0.2, -0.15) is 13.2 Å². The van der Waals surface area contributed by atoms with E-state index in [0.717, 1.165) is 54.7 Å². The average Bonchev–Trinajstić information content (AvgIpc) is 2.90. The number of aryl methyl sites for hydroxylation is 1. The molecule has 0 unspecified atom stereocenters. The van der Waals surface area contributed by atoms with Crippen LogP contribution in [0.15, 0.2) is 42.5 Å². The summed E-state index contributed by atoms with van der Waals surface area (Å²) in [7, 11) is 2.62. The van der Waals surface area contributed by atoms with Crippen LogP contribution in [0.25, 0.3) is 0 Å². The Bertz CT molecular complexity index is 1200. The molecule has 2 fully saturated rings. The summed E-state index contributed by atoms with van der Waals surface area (Å²) < 4.78 is 52.0. The van der Waals surface area contributed by atoms with Crippen LogP contribution in [0, 0.1) is 11.3 Å². The molecule has 1 atom stereocenters. The van der Waals surface area contributed by atoms with Crippen molar-refractivity contribution in [1.29, 1.82) is 0 Å². The van der Waals surface area contributed by atoms with Gasteiger partial charge in [-0.25, -0.2) is 4.79 Å². The topological polar surface area (TPSA) is 76.1 Å². The van der Waals surface area contributed by atoms with Crippen molar-refractivity contribution >= 4 is 23.5 Å². The van der Waals surface area contributed by atoms with E-state index >= 15 is 0 Å². The molecule has 1 spiro atoms. The highest BCUT2D eigenvalue weighted by Crippen LogP contribution is 2.54. The Hall–Kier alpha value is -2.78. The summed E-state index contributed by atoms with van der Waals surface area (Å²) in [6.45, 7) is 0.359. The molecule has 1 aliphatic carbocycles. The number of rotatable bonds is 8. The van der Waals surface area contributed by atoms with E-state index in [9.17, 15) is 27.9 Å². The second kappa shape index (κ2) is 11.4. The first kappa shape index (κ1) is 29.2. The van der Waals surface area contributed by atoms with Crippen molar-refractivity contribution in [3.8, 4) is 5.75 Å². The Morgan fingerprint density at radius 2 is 1.79 bits per heavy atom.